The molecule has 2 aliphatic rings. The van der Waals surface area contributed by atoms with E-state index in [-0.39, 0.29) is 11.9 Å². The predicted octanol–water partition coefficient (Wildman–Crippen LogP) is 2.12. The summed E-state index contributed by atoms with van der Waals surface area (Å²) in [4.78, 5) is 19.1. The van der Waals surface area contributed by atoms with Crippen molar-refractivity contribution in [1.29, 1.82) is 0 Å². The monoisotopic (exact) mass is 317 g/mol. The lowest BCUT2D eigenvalue weighted by atomic mass is 10.1. The Labute approximate surface area is 138 Å². The van der Waals surface area contributed by atoms with Crippen LogP contribution in [0.1, 0.15) is 44.2 Å². The Morgan fingerprint density at radius 1 is 1.30 bits per heavy atom. The van der Waals surface area contributed by atoms with Crippen molar-refractivity contribution in [2.24, 2.45) is 0 Å². The number of carbonyl (C=O) groups excluding carboxylic acids is 1. The SMILES string of the molecule is O=C(NCC[C@@H]1CCCCO1)[C@@H]1CCCN1Cc1ccccn1. The van der Waals surface area contributed by atoms with Crippen LogP contribution < -0.4 is 5.32 Å². The van der Waals surface area contributed by atoms with Gasteiger partial charge in [-0.2, -0.15) is 0 Å². The first-order chi connectivity index (χ1) is 11.3. The zero-order chi connectivity index (χ0) is 15.9. The van der Waals surface area contributed by atoms with Crippen LogP contribution in [0.4, 0.5) is 0 Å². The van der Waals surface area contributed by atoms with Crippen LogP contribution >= 0.6 is 0 Å². The summed E-state index contributed by atoms with van der Waals surface area (Å²) in [6, 6.07) is 5.93. The van der Waals surface area contributed by atoms with Gasteiger partial charge >= 0.3 is 0 Å². The third kappa shape index (κ3) is 4.75. The molecule has 2 saturated heterocycles. The molecule has 2 fully saturated rings. The van der Waals surface area contributed by atoms with Gasteiger partial charge in [0.1, 0.15) is 0 Å². The zero-order valence-corrected chi connectivity index (χ0v) is 13.7. The van der Waals surface area contributed by atoms with E-state index in [4.69, 9.17) is 4.74 Å². The number of nitrogens with zero attached hydrogens (tertiary/aromatic N) is 2. The molecule has 1 aromatic rings. The van der Waals surface area contributed by atoms with E-state index in [1.54, 1.807) is 0 Å². The van der Waals surface area contributed by atoms with E-state index in [9.17, 15) is 4.79 Å². The lowest BCUT2D eigenvalue weighted by Crippen LogP contribution is -2.43. The van der Waals surface area contributed by atoms with Crippen molar-refractivity contribution < 1.29 is 9.53 Å². The Morgan fingerprint density at radius 3 is 3.04 bits per heavy atom. The highest BCUT2D eigenvalue weighted by Crippen LogP contribution is 2.20. The summed E-state index contributed by atoms with van der Waals surface area (Å²) in [5.74, 6) is 0.161. The minimum absolute atomic E-state index is 0.00993. The van der Waals surface area contributed by atoms with Gasteiger partial charge in [-0.1, -0.05) is 6.07 Å². The number of likely N-dealkylation sites (tertiary alicyclic amines) is 1. The van der Waals surface area contributed by atoms with E-state index in [1.807, 2.05) is 24.4 Å². The Kier molecular flexibility index (Phi) is 6.00. The maximum atomic E-state index is 12.5. The molecule has 1 aromatic heterocycles. The van der Waals surface area contributed by atoms with Gasteiger partial charge in [0, 0.05) is 25.9 Å². The lowest BCUT2D eigenvalue weighted by Gasteiger charge is -2.25. The molecule has 5 nitrogen and oxygen atoms in total. The van der Waals surface area contributed by atoms with Crippen molar-refractivity contribution in [2.75, 3.05) is 19.7 Å². The molecule has 0 saturated carbocycles. The summed E-state index contributed by atoms with van der Waals surface area (Å²) in [5, 5.41) is 3.11. The second-order valence-electron chi connectivity index (χ2n) is 6.52. The number of pyridine rings is 1. The normalized spacial score (nSPS) is 25.4. The largest absolute Gasteiger partial charge is 0.378 e. The van der Waals surface area contributed by atoms with Crippen LogP contribution in [0.2, 0.25) is 0 Å². The second kappa shape index (κ2) is 8.41. The molecule has 0 unspecified atom stereocenters. The summed E-state index contributed by atoms with van der Waals surface area (Å²) in [6.45, 7) is 3.32. The Balaban J connectivity index is 1.44. The van der Waals surface area contributed by atoms with Gasteiger partial charge in [0.15, 0.2) is 0 Å². The molecule has 3 heterocycles. The van der Waals surface area contributed by atoms with E-state index in [1.165, 1.54) is 12.8 Å². The van der Waals surface area contributed by atoms with Gasteiger partial charge in [-0.15, -0.1) is 0 Å². The predicted molar refractivity (Wildman–Crippen MR) is 88.9 cm³/mol. The van der Waals surface area contributed by atoms with E-state index in [0.29, 0.717) is 6.10 Å². The van der Waals surface area contributed by atoms with Gasteiger partial charge in [-0.25, -0.2) is 0 Å². The minimum atomic E-state index is -0.00993. The quantitative estimate of drug-likeness (QED) is 0.873. The van der Waals surface area contributed by atoms with Crippen LogP contribution in [0.5, 0.6) is 0 Å². The summed E-state index contributed by atoms with van der Waals surface area (Å²) >= 11 is 0. The van der Waals surface area contributed by atoms with Crippen molar-refractivity contribution in [3.05, 3.63) is 30.1 Å². The number of nitrogens with one attached hydrogen (secondary N) is 1. The second-order valence-corrected chi connectivity index (χ2v) is 6.52. The van der Waals surface area contributed by atoms with Gasteiger partial charge < -0.3 is 10.1 Å². The molecule has 0 aromatic carbocycles. The Hall–Kier alpha value is -1.46. The van der Waals surface area contributed by atoms with Crippen molar-refractivity contribution in [1.82, 2.24) is 15.2 Å². The first-order valence-electron chi connectivity index (χ1n) is 8.86. The van der Waals surface area contributed by atoms with Crippen molar-refractivity contribution in [3.8, 4) is 0 Å². The molecular formula is C18H27N3O2. The molecule has 23 heavy (non-hydrogen) atoms. The fraction of sp³-hybridized carbons (Fsp3) is 0.667. The van der Waals surface area contributed by atoms with Gasteiger partial charge in [0.05, 0.1) is 17.8 Å². The van der Waals surface area contributed by atoms with E-state index < -0.39 is 0 Å². The number of hydrogen-bond donors (Lipinski definition) is 1. The van der Waals surface area contributed by atoms with Gasteiger partial charge in [-0.05, 0) is 57.2 Å². The highest BCUT2D eigenvalue weighted by atomic mass is 16.5. The number of ether oxygens (including phenoxy) is 1. The average molecular weight is 317 g/mol. The molecule has 126 valence electrons. The number of rotatable bonds is 6. The lowest BCUT2D eigenvalue weighted by molar-refractivity contribution is -0.125. The molecule has 2 aliphatic heterocycles. The van der Waals surface area contributed by atoms with Crippen LogP contribution in [0.3, 0.4) is 0 Å². The highest BCUT2D eigenvalue weighted by molar-refractivity contribution is 5.82. The third-order valence-electron chi connectivity index (χ3n) is 4.80. The number of hydrogen-bond acceptors (Lipinski definition) is 4. The summed E-state index contributed by atoms with van der Waals surface area (Å²) in [5.41, 5.74) is 1.03. The van der Waals surface area contributed by atoms with Crippen LogP contribution in [0.25, 0.3) is 0 Å². The Bertz CT molecular complexity index is 488. The number of aromatic nitrogens is 1. The molecule has 1 amide bonds. The molecule has 0 spiro atoms. The van der Waals surface area contributed by atoms with Gasteiger partial charge in [0.2, 0.25) is 5.91 Å². The Morgan fingerprint density at radius 2 is 2.26 bits per heavy atom. The van der Waals surface area contributed by atoms with Crippen molar-refractivity contribution in [3.63, 3.8) is 0 Å². The number of amides is 1. The maximum Gasteiger partial charge on any atom is 0.237 e. The van der Waals surface area contributed by atoms with E-state index >= 15 is 0 Å². The van der Waals surface area contributed by atoms with Crippen molar-refractivity contribution in [2.45, 2.75) is 57.2 Å². The van der Waals surface area contributed by atoms with Gasteiger partial charge in [0.25, 0.3) is 0 Å². The zero-order valence-electron chi connectivity index (χ0n) is 13.7. The number of carbonyl (C=O) groups is 1. The fourth-order valence-electron chi connectivity index (χ4n) is 3.52. The van der Waals surface area contributed by atoms with Crippen LogP contribution in [-0.2, 0) is 16.1 Å². The maximum absolute atomic E-state index is 12.5. The van der Waals surface area contributed by atoms with Crippen LogP contribution in [-0.4, -0.2) is 47.6 Å². The molecule has 0 aliphatic carbocycles. The third-order valence-corrected chi connectivity index (χ3v) is 4.80. The summed E-state index contributed by atoms with van der Waals surface area (Å²) in [6.07, 6.45) is 8.65. The molecule has 0 bridgehead atoms. The van der Waals surface area contributed by atoms with Crippen LogP contribution in [0.15, 0.2) is 24.4 Å². The average Bonchev–Trinajstić information content (AvgIpc) is 3.05. The van der Waals surface area contributed by atoms with E-state index in [0.717, 1.165) is 57.6 Å². The van der Waals surface area contributed by atoms with Gasteiger partial charge in [-0.3, -0.25) is 14.7 Å². The standard InChI is InChI=1S/C18H27N3O2/c22-18(20-11-9-16-7-2-4-13-23-16)17-8-5-12-21(17)14-15-6-1-3-10-19-15/h1,3,6,10,16-17H,2,4-5,7-9,11-14H2,(H,20,22)/t16-,17-/m0/s1. The summed E-state index contributed by atoms with van der Waals surface area (Å²) < 4.78 is 5.72. The topological polar surface area (TPSA) is 54.5 Å². The molecular weight excluding hydrogens is 290 g/mol. The summed E-state index contributed by atoms with van der Waals surface area (Å²) in [7, 11) is 0. The molecule has 0 radical (unpaired) electrons. The van der Waals surface area contributed by atoms with Crippen molar-refractivity contribution >= 4 is 5.91 Å². The van der Waals surface area contributed by atoms with E-state index in [2.05, 4.69) is 15.2 Å². The molecule has 5 heteroatoms. The first-order valence-corrected chi connectivity index (χ1v) is 8.86. The highest BCUT2D eigenvalue weighted by Gasteiger charge is 2.30. The molecule has 3 rings (SSSR count). The molecule has 2 atom stereocenters. The minimum Gasteiger partial charge on any atom is -0.378 e. The fourth-order valence-corrected chi connectivity index (χ4v) is 3.52. The smallest absolute Gasteiger partial charge is 0.237 e. The first kappa shape index (κ1) is 16.4. The van der Waals surface area contributed by atoms with Crippen LogP contribution in [0, 0.1) is 0 Å². The molecule has 1 N–H and O–H groups in total.